The van der Waals surface area contributed by atoms with Gasteiger partial charge in [-0.2, -0.15) is 0 Å². The van der Waals surface area contributed by atoms with Gasteiger partial charge in [0.2, 0.25) is 0 Å². The predicted molar refractivity (Wildman–Crippen MR) is 134 cm³/mol. The molecule has 0 fully saturated rings. The minimum atomic E-state index is -0.162. The van der Waals surface area contributed by atoms with Crippen molar-refractivity contribution in [2.45, 2.75) is 0 Å². The zero-order chi connectivity index (χ0) is 23.5. The van der Waals surface area contributed by atoms with E-state index in [4.69, 9.17) is 19.2 Å². The van der Waals surface area contributed by atoms with Crippen molar-refractivity contribution in [1.82, 2.24) is 9.88 Å². The monoisotopic (exact) mass is 475 g/mol. The Kier molecular flexibility index (Phi) is 6.33. The van der Waals surface area contributed by atoms with Gasteiger partial charge in [0.05, 0.1) is 15.8 Å². The van der Waals surface area contributed by atoms with E-state index in [0.717, 1.165) is 10.2 Å². The summed E-state index contributed by atoms with van der Waals surface area (Å²) < 4.78 is 18.4. The summed E-state index contributed by atoms with van der Waals surface area (Å²) >= 11 is 1.46. The van der Waals surface area contributed by atoms with Crippen LogP contribution >= 0.6 is 11.3 Å². The van der Waals surface area contributed by atoms with Crippen LogP contribution in [0.25, 0.3) is 10.2 Å². The summed E-state index contributed by atoms with van der Waals surface area (Å²) in [5, 5.41) is 0.624. The van der Waals surface area contributed by atoms with Crippen LogP contribution in [0.4, 0.5) is 5.13 Å². The lowest BCUT2D eigenvalue weighted by atomic mass is 10.1. The number of hydrogen-bond donors (Lipinski definition) is 0. The first-order chi connectivity index (χ1) is 16.6. The highest BCUT2D eigenvalue weighted by Gasteiger charge is 2.25. The van der Waals surface area contributed by atoms with E-state index in [1.165, 1.54) is 11.3 Å². The molecular weight excluding hydrogens is 450 g/mol. The van der Waals surface area contributed by atoms with Crippen LogP contribution in [-0.4, -0.2) is 56.2 Å². The normalized spacial score (nSPS) is 12.7. The number of benzene rings is 3. The van der Waals surface area contributed by atoms with Crippen molar-refractivity contribution in [3.63, 3.8) is 0 Å². The van der Waals surface area contributed by atoms with Gasteiger partial charge in [0.25, 0.3) is 5.91 Å². The number of rotatable bonds is 7. The zero-order valence-electron chi connectivity index (χ0n) is 19.1. The molecule has 0 radical (unpaired) electrons. The van der Waals surface area contributed by atoms with Crippen LogP contribution in [0.5, 0.6) is 23.0 Å². The summed E-state index contributed by atoms with van der Waals surface area (Å²) in [5.41, 5.74) is 1.26. The summed E-state index contributed by atoms with van der Waals surface area (Å²) in [6.45, 7) is 2.21. The van der Waals surface area contributed by atoms with Gasteiger partial charge < -0.3 is 19.1 Å². The summed E-state index contributed by atoms with van der Waals surface area (Å²) in [5.74, 6) is 2.41. The lowest BCUT2D eigenvalue weighted by molar-refractivity contribution is 0.0983. The number of carbonyl (C=O) groups is 1. The number of carbonyl (C=O) groups excluding carboxylic acids is 1. The van der Waals surface area contributed by atoms with E-state index in [1.54, 1.807) is 11.0 Å². The molecule has 0 bridgehead atoms. The predicted octanol–water partition coefficient (Wildman–Crippen LogP) is 5.07. The van der Waals surface area contributed by atoms with Gasteiger partial charge in [-0.05, 0) is 38.4 Å². The van der Waals surface area contributed by atoms with Crippen LogP contribution in [0.2, 0.25) is 0 Å². The Morgan fingerprint density at radius 3 is 2.44 bits per heavy atom. The Hall–Kier alpha value is -3.62. The molecule has 0 aliphatic carbocycles. The average molecular weight is 476 g/mol. The van der Waals surface area contributed by atoms with Crippen LogP contribution in [0.1, 0.15) is 10.4 Å². The largest absolute Gasteiger partial charge is 0.486 e. The van der Waals surface area contributed by atoms with Crippen LogP contribution in [0, 0.1) is 0 Å². The van der Waals surface area contributed by atoms with E-state index >= 15 is 0 Å². The first kappa shape index (κ1) is 22.2. The number of aromatic nitrogens is 1. The number of likely N-dealkylation sites (N-methyl/N-ethyl adjacent to an activating group) is 1. The minimum absolute atomic E-state index is 0.162. The number of ether oxygens (including phenoxy) is 3. The van der Waals surface area contributed by atoms with Gasteiger partial charge in [-0.15, -0.1) is 0 Å². The topological polar surface area (TPSA) is 64.1 Å². The highest BCUT2D eigenvalue weighted by atomic mass is 32.1. The molecule has 0 unspecified atom stereocenters. The maximum absolute atomic E-state index is 13.8. The van der Waals surface area contributed by atoms with Crippen molar-refractivity contribution in [1.29, 1.82) is 0 Å². The molecule has 1 aromatic heterocycles. The minimum Gasteiger partial charge on any atom is -0.486 e. The molecule has 5 rings (SSSR count). The van der Waals surface area contributed by atoms with Crippen molar-refractivity contribution in [3.8, 4) is 23.0 Å². The molecular formula is C26H25N3O4S. The summed E-state index contributed by atoms with van der Waals surface area (Å²) in [4.78, 5) is 22.4. The molecule has 7 nitrogen and oxygen atoms in total. The van der Waals surface area contributed by atoms with Gasteiger partial charge in [0, 0.05) is 25.2 Å². The Labute approximate surface area is 202 Å². The number of thiazole rings is 1. The molecule has 0 atom stereocenters. The van der Waals surface area contributed by atoms with E-state index in [2.05, 4.69) is 0 Å². The van der Waals surface area contributed by atoms with Gasteiger partial charge in [-0.1, -0.05) is 41.7 Å². The van der Waals surface area contributed by atoms with E-state index < -0.39 is 0 Å². The van der Waals surface area contributed by atoms with Crippen LogP contribution in [-0.2, 0) is 0 Å². The fourth-order valence-electron chi connectivity index (χ4n) is 3.65. The SMILES string of the molecule is CN(C)CCN(C(=O)c1ccccc1Oc1ccccc1)c1nc2cc3c(cc2s1)OCCO3. The second kappa shape index (κ2) is 9.70. The van der Waals surface area contributed by atoms with Crippen molar-refractivity contribution >= 4 is 32.6 Å². The van der Waals surface area contributed by atoms with Gasteiger partial charge in [0.15, 0.2) is 16.6 Å². The molecule has 174 valence electrons. The molecule has 8 heteroatoms. The molecule has 34 heavy (non-hydrogen) atoms. The maximum atomic E-state index is 13.8. The van der Waals surface area contributed by atoms with Gasteiger partial charge in [0.1, 0.15) is 24.7 Å². The molecule has 1 aliphatic rings. The second-order valence-corrected chi connectivity index (χ2v) is 9.14. The summed E-state index contributed by atoms with van der Waals surface area (Å²) in [6.07, 6.45) is 0. The molecule has 1 amide bonds. The Balaban J connectivity index is 1.51. The molecule has 0 saturated carbocycles. The number of hydrogen-bond acceptors (Lipinski definition) is 7. The fraction of sp³-hybridized carbons (Fsp3) is 0.231. The second-order valence-electron chi connectivity index (χ2n) is 8.13. The van der Waals surface area contributed by atoms with Crippen LogP contribution in [0.15, 0.2) is 66.7 Å². The number of para-hydroxylation sites is 2. The first-order valence-electron chi connectivity index (χ1n) is 11.1. The van der Waals surface area contributed by atoms with Crippen molar-refractivity contribution in [3.05, 3.63) is 72.3 Å². The van der Waals surface area contributed by atoms with Crippen molar-refractivity contribution in [2.24, 2.45) is 0 Å². The highest BCUT2D eigenvalue weighted by molar-refractivity contribution is 7.22. The lowest BCUT2D eigenvalue weighted by Crippen LogP contribution is -2.36. The molecule has 1 aliphatic heterocycles. The third-order valence-electron chi connectivity index (χ3n) is 5.38. The molecule has 0 saturated heterocycles. The fourth-order valence-corrected chi connectivity index (χ4v) is 4.65. The Morgan fingerprint density at radius 1 is 0.971 bits per heavy atom. The molecule has 3 aromatic carbocycles. The van der Waals surface area contributed by atoms with Crippen molar-refractivity contribution < 1.29 is 19.0 Å². The molecule has 2 heterocycles. The van der Waals surface area contributed by atoms with Gasteiger partial charge in [-0.3, -0.25) is 9.69 Å². The smallest absolute Gasteiger partial charge is 0.263 e. The number of nitrogens with zero attached hydrogens (tertiary/aromatic N) is 3. The summed E-state index contributed by atoms with van der Waals surface area (Å²) in [6, 6.07) is 20.6. The van der Waals surface area contributed by atoms with Crippen molar-refractivity contribution in [2.75, 3.05) is 45.3 Å². The Bertz CT molecular complexity index is 1260. The van der Waals surface area contributed by atoms with Crippen LogP contribution in [0.3, 0.4) is 0 Å². The number of anilines is 1. The first-order valence-corrected chi connectivity index (χ1v) is 11.9. The number of amides is 1. The maximum Gasteiger partial charge on any atom is 0.263 e. The summed E-state index contributed by atoms with van der Waals surface area (Å²) in [7, 11) is 3.96. The quantitative estimate of drug-likeness (QED) is 0.372. The third-order valence-corrected chi connectivity index (χ3v) is 6.42. The van der Waals surface area contributed by atoms with E-state index in [1.807, 2.05) is 79.7 Å². The van der Waals surface area contributed by atoms with Crippen LogP contribution < -0.4 is 19.1 Å². The molecule has 4 aromatic rings. The zero-order valence-corrected chi connectivity index (χ0v) is 19.9. The van der Waals surface area contributed by atoms with Gasteiger partial charge >= 0.3 is 0 Å². The standard InChI is InChI=1S/C26H25N3O4S/c1-28(2)12-13-29(26-27-20-16-22-23(17-24(20)34-26)32-15-14-31-22)25(30)19-10-6-7-11-21(19)33-18-8-4-3-5-9-18/h3-11,16-17H,12-15H2,1-2H3. The van der Waals surface area contributed by atoms with E-state index in [0.29, 0.717) is 60.0 Å². The highest BCUT2D eigenvalue weighted by Crippen LogP contribution is 2.39. The molecule has 0 N–H and O–H groups in total. The third kappa shape index (κ3) is 4.69. The average Bonchev–Trinajstić information content (AvgIpc) is 3.25. The Morgan fingerprint density at radius 2 is 1.68 bits per heavy atom. The van der Waals surface area contributed by atoms with E-state index in [9.17, 15) is 4.79 Å². The lowest BCUT2D eigenvalue weighted by Gasteiger charge is -2.23. The van der Waals surface area contributed by atoms with Gasteiger partial charge in [-0.25, -0.2) is 4.98 Å². The molecule has 0 spiro atoms. The number of fused-ring (bicyclic) bond motifs is 2. The van der Waals surface area contributed by atoms with E-state index in [-0.39, 0.29) is 5.91 Å².